The first-order valence-electron chi connectivity index (χ1n) is 4.70. The fourth-order valence-corrected chi connectivity index (χ4v) is 1.54. The molecule has 1 fully saturated rings. The van der Waals surface area contributed by atoms with Crippen LogP contribution in [0.1, 0.15) is 20.3 Å². The molecule has 2 atom stereocenters. The minimum Gasteiger partial charge on any atom is -0.391 e. The number of carbonyl (C=O) groups is 1. The molecule has 1 rings (SSSR count). The molecule has 0 saturated carbocycles. The molecule has 1 aliphatic heterocycles. The van der Waals surface area contributed by atoms with Gasteiger partial charge in [-0.1, -0.05) is 13.8 Å². The standard InChI is InChI=1S/C9H17NO3/c1-3-9(13)10-4-7(11)6(2)8(12)5-10/h6-8,11-12H,3-5H2,1-2H3/t7-,8-/m0/s1. The van der Waals surface area contributed by atoms with E-state index in [-0.39, 0.29) is 11.8 Å². The van der Waals surface area contributed by atoms with E-state index in [9.17, 15) is 15.0 Å². The van der Waals surface area contributed by atoms with Crippen LogP contribution in [0, 0.1) is 5.92 Å². The van der Waals surface area contributed by atoms with Crippen LogP contribution in [0.4, 0.5) is 0 Å². The molecule has 1 aliphatic rings. The van der Waals surface area contributed by atoms with E-state index >= 15 is 0 Å². The van der Waals surface area contributed by atoms with Crippen molar-refractivity contribution in [3.05, 3.63) is 0 Å². The average Bonchev–Trinajstić information content (AvgIpc) is 2.12. The third-order valence-electron chi connectivity index (χ3n) is 2.68. The lowest BCUT2D eigenvalue weighted by molar-refractivity contribution is -0.140. The molecular formula is C9H17NO3. The summed E-state index contributed by atoms with van der Waals surface area (Å²) in [5.74, 6) is -0.147. The van der Waals surface area contributed by atoms with E-state index in [1.54, 1.807) is 13.8 Å². The molecule has 1 amide bonds. The molecule has 4 nitrogen and oxygen atoms in total. The van der Waals surface area contributed by atoms with Crippen LogP contribution in [0.5, 0.6) is 0 Å². The van der Waals surface area contributed by atoms with E-state index in [2.05, 4.69) is 0 Å². The van der Waals surface area contributed by atoms with Gasteiger partial charge >= 0.3 is 0 Å². The maximum absolute atomic E-state index is 11.3. The molecule has 4 heteroatoms. The second-order valence-electron chi connectivity index (χ2n) is 3.65. The van der Waals surface area contributed by atoms with Gasteiger partial charge in [0.25, 0.3) is 0 Å². The zero-order valence-corrected chi connectivity index (χ0v) is 8.10. The van der Waals surface area contributed by atoms with Gasteiger partial charge in [-0.3, -0.25) is 4.79 Å². The molecule has 0 aliphatic carbocycles. The number of hydrogen-bond acceptors (Lipinski definition) is 3. The van der Waals surface area contributed by atoms with Crippen molar-refractivity contribution < 1.29 is 15.0 Å². The number of amides is 1. The number of rotatable bonds is 1. The maximum atomic E-state index is 11.3. The summed E-state index contributed by atoms with van der Waals surface area (Å²) >= 11 is 0. The number of nitrogens with zero attached hydrogens (tertiary/aromatic N) is 1. The van der Waals surface area contributed by atoms with Crippen LogP contribution in [0.15, 0.2) is 0 Å². The highest BCUT2D eigenvalue weighted by atomic mass is 16.3. The van der Waals surface area contributed by atoms with Crippen LogP contribution >= 0.6 is 0 Å². The molecule has 0 aromatic rings. The predicted octanol–water partition coefficient (Wildman–Crippen LogP) is -0.404. The number of aliphatic hydroxyl groups is 2. The van der Waals surface area contributed by atoms with Crippen molar-refractivity contribution in [3.63, 3.8) is 0 Å². The zero-order valence-electron chi connectivity index (χ0n) is 8.10. The molecule has 0 unspecified atom stereocenters. The Morgan fingerprint density at radius 3 is 2.23 bits per heavy atom. The minimum absolute atomic E-state index is 0.00926. The highest BCUT2D eigenvalue weighted by Crippen LogP contribution is 2.18. The van der Waals surface area contributed by atoms with Gasteiger partial charge in [-0.05, 0) is 0 Å². The van der Waals surface area contributed by atoms with Crippen molar-refractivity contribution >= 4 is 5.91 Å². The van der Waals surface area contributed by atoms with Crippen LogP contribution in [0.25, 0.3) is 0 Å². The number of aliphatic hydroxyl groups excluding tert-OH is 2. The van der Waals surface area contributed by atoms with Crippen LogP contribution < -0.4 is 0 Å². The SMILES string of the molecule is CCC(=O)N1C[C@H](O)C(C)[C@@H](O)C1. The van der Waals surface area contributed by atoms with Gasteiger partial charge < -0.3 is 15.1 Å². The first-order chi connectivity index (χ1) is 6.06. The van der Waals surface area contributed by atoms with Crippen molar-refractivity contribution in [1.82, 2.24) is 4.90 Å². The van der Waals surface area contributed by atoms with Gasteiger partial charge in [0, 0.05) is 25.4 Å². The molecule has 0 aromatic heterocycles. The van der Waals surface area contributed by atoms with Crippen molar-refractivity contribution in [2.75, 3.05) is 13.1 Å². The highest BCUT2D eigenvalue weighted by molar-refractivity contribution is 5.76. The minimum atomic E-state index is -0.598. The Hall–Kier alpha value is -0.610. The van der Waals surface area contributed by atoms with Gasteiger partial charge in [0.1, 0.15) is 0 Å². The Morgan fingerprint density at radius 2 is 1.85 bits per heavy atom. The maximum Gasteiger partial charge on any atom is 0.222 e. The first kappa shape index (κ1) is 10.5. The summed E-state index contributed by atoms with van der Waals surface area (Å²) in [4.78, 5) is 12.8. The molecule has 2 N–H and O–H groups in total. The average molecular weight is 187 g/mol. The summed E-state index contributed by atoms with van der Waals surface area (Å²) in [6.45, 7) is 4.28. The number of piperidine rings is 1. The summed E-state index contributed by atoms with van der Waals surface area (Å²) < 4.78 is 0. The lowest BCUT2D eigenvalue weighted by Crippen LogP contribution is -2.52. The van der Waals surface area contributed by atoms with Gasteiger partial charge in [-0.25, -0.2) is 0 Å². The smallest absolute Gasteiger partial charge is 0.222 e. The third-order valence-corrected chi connectivity index (χ3v) is 2.68. The number of β-amino-alcohol motifs (C(OH)–C–C–N with tert-alkyl or cyclic N) is 2. The summed E-state index contributed by atoms with van der Waals surface area (Å²) in [6.07, 6.45) is -0.771. The molecule has 1 heterocycles. The Morgan fingerprint density at radius 1 is 1.38 bits per heavy atom. The summed E-state index contributed by atoms with van der Waals surface area (Å²) in [5.41, 5.74) is 0. The molecular weight excluding hydrogens is 170 g/mol. The second kappa shape index (κ2) is 4.07. The quantitative estimate of drug-likeness (QED) is 0.587. The van der Waals surface area contributed by atoms with E-state index in [0.29, 0.717) is 19.5 Å². The predicted molar refractivity (Wildman–Crippen MR) is 48.0 cm³/mol. The highest BCUT2D eigenvalue weighted by Gasteiger charge is 2.33. The van der Waals surface area contributed by atoms with Crippen molar-refractivity contribution in [1.29, 1.82) is 0 Å². The molecule has 0 bridgehead atoms. The van der Waals surface area contributed by atoms with Crippen molar-refractivity contribution in [3.8, 4) is 0 Å². The van der Waals surface area contributed by atoms with Crippen LogP contribution in [0.2, 0.25) is 0 Å². The van der Waals surface area contributed by atoms with Gasteiger partial charge in [0.2, 0.25) is 5.91 Å². The first-order valence-corrected chi connectivity index (χ1v) is 4.70. The van der Waals surface area contributed by atoms with Crippen LogP contribution in [-0.4, -0.2) is 46.3 Å². The molecule has 0 radical (unpaired) electrons. The molecule has 0 spiro atoms. The van der Waals surface area contributed by atoms with E-state index in [0.717, 1.165) is 0 Å². The Bertz CT molecular complexity index is 183. The van der Waals surface area contributed by atoms with Crippen molar-refractivity contribution in [2.24, 2.45) is 5.92 Å². The Balaban J connectivity index is 2.58. The lowest BCUT2D eigenvalue weighted by Gasteiger charge is -2.37. The molecule has 0 aromatic carbocycles. The number of hydrogen-bond donors (Lipinski definition) is 2. The topological polar surface area (TPSA) is 60.8 Å². The summed E-state index contributed by atoms with van der Waals surface area (Å²) in [5, 5.41) is 19.0. The molecule has 1 saturated heterocycles. The normalized spacial score (nSPS) is 30.6. The van der Waals surface area contributed by atoms with E-state index < -0.39 is 12.2 Å². The fourth-order valence-electron chi connectivity index (χ4n) is 1.54. The summed E-state index contributed by atoms with van der Waals surface area (Å²) in [6, 6.07) is 0. The van der Waals surface area contributed by atoms with E-state index in [1.165, 1.54) is 4.90 Å². The van der Waals surface area contributed by atoms with Gasteiger partial charge in [-0.2, -0.15) is 0 Å². The van der Waals surface area contributed by atoms with Crippen LogP contribution in [-0.2, 0) is 4.79 Å². The second-order valence-corrected chi connectivity index (χ2v) is 3.65. The Labute approximate surface area is 78.2 Å². The lowest BCUT2D eigenvalue weighted by atomic mass is 9.93. The number of likely N-dealkylation sites (tertiary alicyclic amines) is 1. The molecule has 76 valence electrons. The van der Waals surface area contributed by atoms with Gasteiger partial charge in [0.15, 0.2) is 0 Å². The third kappa shape index (κ3) is 2.19. The number of carbonyl (C=O) groups excluding carboxylic acids is 1. The fraction of sp³-hybridized carbons (Fsp3) is 0.889. The van der Waals surface area contributed by atoms with E-state index in [1.807, 2.05) is 0 Å². The molecule has 13 heavy (non-hydrogen) atoms. The Kier molecular flexibility index (Phi) is 3.27. The van der Waals surface area contributed by atoms with Crippen molar-refractivity contribution in [2.45, 2.75) is 32.5 Å². The van der Waals surface area contributed by atoms with Crippen LogP contribution in [0.3, 0.4) is 0 Å². The van der Waals surface area contributed by atoms with E-state index in [4.69, 9.17) is 0 Å². The zero-order chi connectivity index (χ0) is 10.0. The monoisotopic (exact) mass is 187 g/mol. The van der Waals surface area contributed by atoms with Gasteiger partial charge in [0.05, 0.1) is 12.2 Å². The summed E-state index contributed by atoms with van der Waals surface area (Å²) in [7, 11) is 0. The largest absolute Gasteiger partial charge is 0.391 e. The van der Waals surface area contributed by atoms with Gasteiger partial charge in [-0.15, -0.1) is 0 Å².